The van der Waals surface area contributed by atoms with Crippen molar-refractivity contribution in [2.45, 2.75) is 84.0 Å². The Balaban J connectivity index is 0.000000705. The molecule has 2 aliphatic heterocycles. The topological polar surface area (TPSA) is 148 Å². The number of carboxylic acid groups (broad SMARTS) is 1. The number of aliphatic hydroxyl groups excluding tert-OH is 1. The third-order valence-corrected chi connectivity index (χ3v) is 11.6. The van der Waals surface area contributed by atoms with E-state index in [0.717, 1.165) is 99.3 Å². The Bertz CT molecular complexity index is 1750. The van der Waals surface area contributed by atoms with Crippen LogP contribution < -0.4 is 10.6 Å². The minimum Gasteiger partial charge on any atom is -0.475 e. The van der Waals surface area contributed by atoms with E-state index in [-0.39, 0.29) is 35.9 Å². The molecule has 3 aliphatic rings. The number of likely N-dealkylation sites (N-methyl/N-ethyl adjacent to an activating group) is 1. The van der Waals surface area contributed by atoms with E-state index in [4.69, 9.17) is 19.9 Å². The van der Waals surface area contributed by atoms with Crippen LogP contribution in [0.1, 0.15) is 95.9 Å². The molecule has 0 spiro atoms. The number of likely N-dealkylation sites (tertiary alicyclic amines) is 2. The molecule has 2 aromatic heterocycles. The van der Waals surface area contributed by atoms with Crippen molar-refractivity contribution in [1.82, 2.24) is 30.4 Å². The molecule has 4 N–H and O–H groups in total. The number of nitrogens with one attached hydrogen (secondary N) is 2. The lowest BCUT2D eigenvalue weighted by molar-refractivity contribution is -0.192. The Kier molecular flexibility index (Phi) is 13.2. The normalized spacial score (nSPS) is 19.4. The molecule has 1 aliphatic carbocycles. The zero-order chi connectivity index (χ0) is 38.5. The molecular formula is C38H51F3N6O5S. The van der Waals surface area contributed by atoms with Gasteiger partial charge in [0.05, 0.1) is 12.1 Å². The zero-order valence-corrected chi connectivity index (χ0v) is 31.7. The van der Waals surface area contributed by atoms with Gasteiger partial charge in [-0.25, -0.2) is 14.8 Å². The molecule has 290 valence electrons. The first-order chi connectivity index (χ1) is 25.0. The van der Waals surface area contributed by atoms with E-state index in [0.29, 0.717) is 22.4 Å². The highest BCUT2D eigenvalue weighted by atomic mass is 32.1. The Morgan fingerprint density at radius 2 is 1.74 bits per heavy atom. The predicted octanol–water partition coefficient (Wildman–Crippen LogP) is 5.48. The van der Waals surface area contributed by atoms with E-state index in [1.807, 2.05) is 31.3 Å². The molecule has 2 saturated heterocycles. The molecule has 2 fully saturated rings. The Hall–Kier alpha value is -3.66. The van der Waals surface area contributed by atoms with Gasteiger partial charge in [0.2, 0.25) is 0 Å². The van der Waals surface area contributed by atoms with Crippen LogP contribution in [0.15, 0.2) is 30.3 Å². The standard InChI is InChI=1S/C36H50N6O3S.C2HF3O2/c1-36(2,3)27-8-9-29-26(19-27)20-31-34(39-29)46-35(40-31)33(45)38-30(12-16-42-14-10-23(11-15-42)13-17-43)24-6-5-7-25(18-24)32(44)37-28-21-41(4)22-28;3-2(4,5)1(6)7/h5-7,18,20,23,27-28,30,43H,8-17,19,21-22H2,1-4H3,(H,37,44)(H,38,45);(H,6,7)/t27-,30+;/m0./s1. The Morgan fingerprint density at radius 3 is 2.36 bits per heavy atom. The number of aromatic nitrogens is 2. The summed E-state index contributed by atoms with van der Waals surface area (Å²) in [5, 5.41) is 23.3. The van der Waals surface area contributed by atoms with Crippen LogP contribution in [-0.4, -0.2) is 106 Å². The number of hydrogen-bond donors (Lipinski definition) is 4. The summed E-state index contributed by atoms with van der Waals surface area (Å²) >= 11 is 1.36. The van der Waals surface area contributed by atoms with Crippen LogP contribution in [0.5, 0.6) is 0 Å². The van der Waals surface area contributed by atoms with Crippen molar-refractivity contribution in [2.24, 2.45) is 17.3 Å². The van der Waals surface area contributed by atoms with Gasteiger partial charge in [0.1, 0.15) is 10.3 Å². The number of rotatable bonds is 10. The van der Waals surface area contributed by atoms with Gasteiger partial charge >= 0.3 is 12.1 Å². The lowest BCUT2D eigenvalue weighted by Gasteiger charge is -2.36. The van der Waals surface area contributed by atoms with E-state index in [1.165, 1.54) is 16.9 Å². The number of alkyl halides is 3. The second-order valence-corrected chi connectivity index (χ2v) is 16.7. The first-order valence-electron chi connectivity index (χ1n) is 18.3. The number of nitrogens with zero attached hydrogens (tertiary/aromatic N) is 4. The van der Waals surface area contributed by atoms with Crippen molar-refractivity contribution in [1.29, 1.82) is 0 Å². The summed E-state index contributed by atoms with van der Waals surface area (Å²) in [7, 11) is 2.05. The van der Waals surface area contributed by atoms with Gasteiger partial charge < -0.3 is 30.6 Å². The summed E-state index contributed by atoms with van der Waals surface area (Å²) in [5.41, 5.74) is 4.99. The minimum atomic E-state index is -5.08. The van der Waals surface area contributed by atoms with Crippen molar-refractivity contribution >= 4 is 39.5 Å². The number of aliphatic hydroxyl groups is 1. The molecule has 11 nitrogen and oxygen atoms in total. The fraction of sp³-hybridized carbons (Fsp3) is 0.605. The second-order valence-electron chi connectivity index (χ2n) is 15.7. The van der Waals surface area contributed by atoms with Crippen molar-refractivity contribution in [3.05, 3.63) is 57.7 Å². The molecule has 0 bridgehead atoms. The Labute approximate surface area is 312 Å². The van der Waals surface area contributed by atoms with Crippen LogP contribution in [0, 0.1) is 17.3 Å². The van der Waals surface area contributed by atoms with Crippen LogP contribution in [0.4, 0.5) is 13.2 Å². The summed E-state index contributed by atoms with van der Waals surface area (Å²) in [4.78, 5) is 51.0. The van der Waals surface area contributed by atoms with Crippen molar-refractivity contribution in [3.8, 4) is 0 Å². The number of pyridine rings is 1. The zero-order valence-electron chi connectivity index (χ0n) is 30.8. The first kappa shape index (κ1) is 40.5. The lowest BCUT2D eigenvalue weighted by Crippen LogP contribution is -2.57. The summed E-state index contributed by atoms with van der Waals surface area (Å²) in [5.74, 6) is -1.85. The van der Waals surface area contributed by atoms with Gasteiger partial charge in [0.15, 0.2) is 5.01 Å². The number of aliphatic carboxylic acids is 1. The highest BCUT2D eigenvalue weighted by Crippen LogP contribution is 2.38. The predicted molar refractivity (Wildman–Crippen MR) is 197 cm³/mol. The number of carboxylic acids is 1. The highest BCUT2D eigenvalue weighted by Gasteiger charge is 2.38. The van der Waals surface area contributed by atoms with Crippen molar-refractivity contribution in [3.63, 3.8) is 0 Å². The molecule has 2 amide bonds. The molecule has 4 heterocycles. The van der Waals surface area contributed by atoms with Gasteiger partial charge in [0, 0.05) is 37.5 Å². The number of aryl methyl sites for hydroxylation is 1. The number of amides is 2. The molecule has 0 saturated carbocycles. The fourth-order valence-electron chi connectivity index (χ4n) is 7.34. The number of hydrogen-bond acceptors (Lipinski definition) is 9. The summed E-state index contributed by atoms with van der Waals surface area (Å²) < 4.78 is 31.7. The SMILES string of the molecule is CN1CC(NC(=O)c2cccc([C@@H](CCN3CCC(CCO)CC3)NC(=O)c3nc4cc5c(nc4s3)CC[C@H](C(C)(C)C)C5)c2)C1.O=C(O)C(F)(F)F. The summed E-state index contributed by atoms with van der Waals surface area (Å²) in [6.45, 7) is 11.7. The van der Waals surface area contributed by atoms with Crippen molar-refractivity contribution < 1.29 is 37.8 Å². The number of carbonyl (C=O) groups excluding carboxylic acids is 2. The van der Waals surface area contributed by atoms with Crippen LogP contribution >= 0.6 is 11.3 Å². The Morgan fingerprint density at radius 1 is 1.04 bits per heavy atom. The first-order valence-corrected chi connectivity index (χ1v) is 19.1. The maximum absolute atomic E-state index is 13.8. The van der Waals surface area contributed by atoms with E-state index < -0.39 is 12.1 Å². The van der Waals surface area contributed by atoms with E-state index >= 15 is 0 Å². The number of carbonyl (C=O) groups is 3. The molecule has 0 unspecified atom stereocenters. The second kappa shape index (κ2) is 17.2. The highest BCUT2D eigenvalue weighted by molar-refractivity contribution is 7.19. The van der Waals surface area contributed by atoms with Gasteiger partial charge in [-0.05, 0) is 112 Å². The molecule has 2 atom stereocenters. The lowest BCUT2D eigenvalue weighted by atomic mass is 9.71. The number of benzene rings is 1. The monoisotopic (exact) mass is 760 g/mol. The van der Waals surface area contributed by atoms with E-state index in [2.05, 4.69) is 47.3 Å². The maximum atomic E-state index is 13.8. The van der Waals surface area contributed by atoms with Gasteiger partial charge in [-0.15, -0.1) is 0 Å². The largest absolute Gasteiger partial charge is 0.490 e. The van der Waals surface area contributed by atoms with Crippen molar-refractivity contribution in [2.75, 3.05) is 46.4 Å². The molecular weight excluding hydrogens is 710 g/mol. The minimum absolute atomic E-state index is 0.0779. The average molecular weight is 761 g/mol. The van der Waals surface area contributed by atoms with Gasteiger partial charge in [-0.3, -0.25) is 9.59 Å². The van der Waals surface area contributed by atoms with Crippen LogP contribution in [0.25, 0.3) is 10.3 Å². The third kappa shape index (κ3) is 11.0. The summed E-state index contributed by atoms with van der Waals surface area (Å²) in [6.07, 6.45) is 1.79. The van der Waals surface area contributed by atoms with E-state index in [1.54, 1.807) is 0 Å². The average Bonchev–Trinajstić information content (AvgIpc) is 3.51. The van der Waals surface area contributed by atoms with Gasteiger partial charge in [0.25, 0.3) is 11.8 Å². The molecule has 0 radical (unpaired) electrons. The summed E-state index contributed by atoms with van der Waals surface area (Å²) in [6, 6.07) is 9.74. The quantitative estimate of drug-likeness (QED) is 0.211. The third-order valence-electron chi connectivity index (χ3n) is 10.6. The number of thiazole rings is 1. The van der Waals surface area contributed by atoms with Crippen LogP contribution in [-0.2, 0) is 17.6 Å². The smallest absolute Gasteiger partial charge is 0.475 e. The number of halogens is 3. The fourth-order valence-corrected chi connectivity index (χ4v) is 8.18. The number of piperidine rings is 1. The van der Waals surface area contributed by atoms with Crippen LogP contribution in [0.2, 0.25) is 0 Å². The molecule has 3 aromatic rings. The molecule has 15 heteroatoms. The molecule has 53 heavy (non-hydrogen) atoms. The molecule has 6 rings (SSSR count). The van der Waals surface area contributed by atoms with E-state index in [9.17, 15) is 27.9 Å². The van der Waals surface area contributed by atoms with Gasteiger partial charge in [-0.2, -0.15) is 13.2 Å². The van der Waals surface area contributed by atoms with Gasteiger partial charge in [-0.1, -0.05) is 44.2 Å². The maximum Gasteiger partial charge on any atom is 0.490 e. The van der Waals surface area contributed by atoms with Crippen LogP contribution in [0.3, 0.4) is 0 Å². The molecule has 1 aromatic carbocycles. The number of fused-ring (bicyclic) bond motifs is 2.